The molecule has 1 aromatic carbocycles. The fraction of sp³-hybridized carbons (Fsp3) is 0.357. The molecule has 0 aliphatic carbocycles. The van der Waals surface area contributed by atoms with E-state index < -0.39 is 12.1 Å². The van der Waals surface area contributed by atoms with E-state index in [-0.39, 0.29) is 12.5 Å². The van der Waals surface area contributed by atoms with Crippen molar-refractivity contribution in [1.29, 1.82) is 0 Å². The van der Waals surface area contributed by atoms with Gasteiger partial charge in [-0.1, -0.05) is 12.7 Å². The predicted molar refractivity (Wildman–Crippen MR) is 76.9 cm³/mol. The van der Waals surface area contributed by atoms with Crippen LogP contribution in [-0.4, -0.2) is 36.2 Å². The Kier molecular flexibility index (Phi) is 6.39. The van der Waals surface area contributed by atoms with Gasteiger partial charge in [0.25, 0.3) is 0 Å². The fourth-order valence-corrected chi connectivity index (χ4v) is 1.62. The molecule has 0 saturated heterocycles. The van der Waals surface area contributed by atoms with Gasteiger partial charge in [-0.25, -0.2) is 4.79 Å². The van der Waals surface area contributed by atoms with Crippen molar-refractivity contribution in [3.63, 3.8) is 0 Å². The van der Waals surface area contributed by atoms with E-state index in [1.54, 1.807) is 12.1 Å². The number of carbonyl (C=O) groups excluding carboxylic acids is 1. The summed E-state index contributed by atoms with van der Waals surface area (Å²) >= 11 is 5.51. The van der Waals surface area contributed by atoms with E-state index in [4.69, 9.17) is 16.3 Å². The lowest BCUT2D eigenvalue weighted by atomic mass is 10.1. The molecule has 0 heterocycles. The Morgan fingerprint density at radius 3 is 2.95 bits per heavy atom. The summed E-state index contributed by atoms with van der Waals surface area (Å²) in [7, 11) is 0. The molecule has 4 nitrogen and oxygen atoms in total. The molecule has 0 fully saturated rings. The van der Waals surface area contributed by atoms with Crippen molar-refractivity contribution in [2.75, 3.05) is 24.3 Å². The zero-order chi connectivity index (χ0) is 14.3. The van der Waals surface area contributed by atoms with Gasteiger partial charge in [-0.15, -0.1) is 11.6 Å². The molecule has 0 radical (unpaired) electrons. The molecule has 0 aliphatic rings. The van der Waals surface area contributed by atoms with Crippen LogP contribution in [-0.2, 0) is 4.74 Å². The first-order valence-electron chi connectivity index (χ1n) is 5.94. The third kappa shape index (κ3) is 5.32. The number of esters is 1. The van der Waals surface area contributed by atoms with Gasteiger partial charge in [0, 0.05) is 12.2 Å². The summed E-state index contributed by atoms with van der Waals surface area (Å²) in [5.41, 5.74) is 2.13. The molecule has 0 aliphatic heterocycles. The molecule has 0 amide bonds. The quantitative estimate of drug-likeness (QED) is 0.458. The molecule has 0 bridgehead atoms. The SMILES string of the molecule is C=CCOC(=O)c1cc(C)cc(NCC(O)CCl)c1. The Labute approximate surface area is 118 Å². The van der Waals surface area contributed by atoms with Gasteiger partial charge in [-0.2, -0.15) is 0 Å². The van der Waals surface area contributed by atoms with Crippen LogP contribution in [0.25, 0.3) is 0 Å². The van der Waals surface area contributed by atoms with Gasteiger partial charge in [0.1, 0.15) is 6.61 Å². The largest absolute Gasteiger partial charge is 0.458 e. The molecule has 0 spiro atoms. The molecule has 1 aromatic rings. The number of hydrogen-bond donors (Lipinski definition) is 2. The van der Waals surface area contributed by atoms with Gasteiger partial charge in [-0.3, -0.25) is 0 Å². The number of hydrogen-bond acceptors (Lipinski definition) is 4. The highest BCUT2D eigenvalue weighted by Crippen LogP contribution is 2.15. The smallest absolute Gasteiger partial charge is 0.338 e. The standard InChI is InChI=1S/C14H18ClNO3/c1-3-4-19-14(18)11-5-10(2)6-12(7-11)16-9-13(17)8-15/h3,5-7,13,16-17H,1,4,8-9H2,2H3. The second kappa shape index (κ2) is 7.81. The summed E-state index contributed by atoms with van der Waals surface area (Å²) in [5.74, 6) is -0.239. The van der Waals surface area contributed by atoms with Gasteiger partial charge in [-0.05, 0) is 30.7 Å². The molecule has 104 valence electrons. The van der Waals surface area contributed by atoms with E-state index in [1.807, 2.05) is 13.0 Å². The topological polar surface area (TPSA) is 58.6 Å². The number of benzene rings is 1. The highest BCUT2D eigenvalue weighted by molar-refractivity contribution is 6.18. The van der Waals surface area contributed by atoms with E-state index in [0.29, 0.717) is 12.1 Å². The Morgan fingerprint density at radius 1 is 1.58 bits per heavy atom. The number of alkyl halides is 1. The van der Waals surface area contributed by atoms with Crippen molar-refractivity contribution < 1.29 is 14.6 Å². The van der Waals surface area contributed by atoms with Crippen LogP contribution in [0.5, 0.6) is 0 Å². The van der Waals surface area contributed by atoms with Gasteiger partial charge < -0.3 is 15.2 Å². The first-order chi connectivity index (χ1) is 9.06. The molecule has 1 rings (SSSR count). The third-order valence-corrected chi connectivity index (χ3v) is 2.72. The first kappa shape index (κ1) is 15.5. The lowest BCUT2D eigenvalue weighted by Crippen LogP contribution is -2.21. The minimum Gasteiger partial charge on any atom is -0.458 e. The van der Waals surface area contributed by atoms with Crippen LogP contribution >= 0.6 is 11.6 Å². The van der Waals surface area contributed by atoms with Crippen molar-refractivity contribution in [3.8, 4) is 0 Å². The van der Waals surface area contributed by atoms with Crippen LogP contribution in [0.3, 0.4) is 0 Å². The summed E-state index contributed by atoms with van der Waals surface area (Å²) in [6.07, 6.45) is 0.891. The molecule has 1 unspecified atom stereocenters. The molecule has 19 heavy (non-hydrogen) atoms. The van der Waals surface area contributed by atoms with Crippen LogP contribution < -0.4 is 5.32 Å². The second-order valence-electron chi connectivity index (χ2n) is 4.16. The maximum Gasteiger partial charge on any atom is 0.338 e. The monoisotopic (exact) mass is 283 g/mol. The second-order valence-corrected chi connectivity index (χ2v) is 4.47. The van der Waals surface area contributed by atoms with Crippen LogP contribution in [0.2, 0.25) is 0 Å². The predicted octanol–water partition coefficient (Wildman–Crippen LogP) is 2.35. The number of anilines is 1. The van der Waals surface area contributed by atoms with E-state index in [0.717, 1.165) is 11.3 Å². The first-order valence-corrected chi connectivity index (χ1v) is 6.48. The number of aliphatic hydroxyl groups excluding tert-OH is 1. The van der Waals surface area contributed by atoms with Gasteiger partial charge in [0.2, 0.25) is 0 Å². The maximum atomic E-state index is 11.7. The van der Waals surface area contributed by atoms with E-state index in [1.165, 1.54) is 6.08 Å². The minimum atomic E-state index is -0.627. The molecule has 2 N–H and O–H groups in total. The van der Waals surface area contributed by atoms with Crippen molar-refractivity contribution in [2.24, 2.45) is 0 Å². The van der Waals surface area contributed by atoms with E-state index in [9.17, 15) is 9.90 Å². The van der Waals surface area contributed by atoms with E-state index >= 15 is 0 Å². The number of aryl methyl sites for hydroxylation is 1. The van der Waals surface area contributed by atoms with Crippen molar-refractivity contribution in [2.45, 2.75) is 13.0 Å². The lowest BCUT2D eigenvalue weighted by molar-refractivity contribution is 0.0549. The molecule has 0 aromatic heterocycles. The number of carbonyl (C=O) groups is 1. The van der Waals surface area contributed by atoms with Crippen molar-refractivity contribution in [3.05, 3.63) is 42.0 Å². The van der Waals surface area contributed by atoms with Crippen LogP contribution in [0, 0.1) is 6.92 Å². The molecular formula is C14H18ClNO3. The zero-order valence-electron chi connectivity index (χ0n) is 10.9. The average molecular weight is 284 g/mol. The molecular weight excluding hydrogens is 266 g/mol. The number of aliphatic hydroxyl groups is 1. The zero-order valence-corrected chi connectivity index (χ0v) is 11.6. The van der Waals surface area contributed by atoms with Crippen molar-refractivity contribution >= 4 is 23.3 Å². The Balaban J connectivity index is 2.75. The lowest BCUT2D eigenvalue weighted by Gasteiger charge is -2.12. The fourth-order valence-electron chi connectivity index (χ4n) is 1.51. The normalized spacial score (nSPS) is 11.7. The average Bonchev–Trinajstić information content (AvgIpc) is 2.41. The van der Waals surface area contributed by atoms with Crippen molar-refractivity contribution in [1.82, 2.24) is 0 Å². The Hall–Kier alpha value is -1.52. The number of nitrogens with one attached hydrogen (secondary N) is 1. The molecule has 1 atom stereocenters. The van der Waals surface area contributed by atoms with Crippen LogP contribution in [0.1, 0.15) is 15.9 Å². The molecule has 0 saturated carbocycles. The Morgan fingerprint density at radius 2 is 2.32 bits per heavy atom. The minimum absolute atomic E-state index is 0.160. The summed E-state index contributed by atoms with van der Waals surface area (Å²) in [4.78, 5) is 11.7. The summed E-state index contributed by atoms with van der Waals surface area (Å²) < 4.78 is 4.98. The van der Waals surface area contributed by atoms with Gasteiger partial charge in [0.05, 0.1) is 17.5 Å². The van der Waals surface area contributed by atoms with Gasteiger partial charge in [0.15, 0.2) is 0 Å². The number of halogens is 1. The Bertz CT molecular complexity index is 448. The summed E-state index contributed by atoms with van der Waals surface area (Å²) in [6, 6.07) is 5.30. The summed E-state index contributed by atoms with van der Waals surface area (Å²) in [6.45, 7) is 5.88. The van der Waals surface area contributed by atoms with E-state index in [2.05, 4.69) is 11.9 Å². The number of ether oxygens (including phenoxy) is 1. The third-order valence-electron chi connectivity index (χ3n) is 2.37. The van der Waals surface area contributed by atoms with Crippen LogP contribution in [0.4, 0.5) is 5.69 Å². The van der Waals surface area contributed by atoms with Crippen LogP contribution in [0.15, 0.2) is 30.9 Å². The van der Waals surface area contributed by atoms with Gasteiger partial charge >= 0.3 is 5.97 Å². The maximum absolute atomic E-state index is 11.7. The number of rotatable bonds is 7. The highest BCUT2D eigenvalue weighted by Gasteiger charge is 2.09. The highest BCUT2D eigenvalue weighted by atomic mass is 35.5. The molecule has 5 heteroatoms. The summed E-state index contributed by atoms with van der Waals surface area (Å²) in [5, 5.41) is 12.4.